The van der Waals surface area contributed by atoms with E-state index in [1.165, 1.54) is 6.92 Å². The van der Waals surface area contributed by atoms with Crippen LogP contribution in [-0.4, -0.2) is 5.11 Å². The van der Waals surface area contributed by atoms with Crippen molar-refractivity contribution >= 4 is 0 Å². The second-order valence-electron chi connectivity index (χ2n) is 2.80. The Balaban J connectivity index is 3.23. The summed E-state index contributed by atoms with van der Waals surface area (Å²) in [4.78, 5) is 0. The van der Waals surface area contributed by atoms with Crippen molar-refractivity contribution in [2.75, 3.05) is 0 Å². The molecule has 0 aliphatic heterocycles. The maximum atomic E-state index is 12.6. The summed E-state index contributed by atoms with van der Waals surface area (Å²) in [6, 6.07) is 2.10. The van der Waals surface area contributed by atoms with E-state index >= 15 is 0 Å². The quantitative estimate of drug-likeness (QED) is 0.689. The van der Waals surface area contributed by atoms with Crippen molar-refractivity contribution in [1.29, 1.82) is 0 Å². The van der Waals surface area contributed by atoms with Crippen LogP contribution in [0.2, 0.25) is 0 Å². The molecule has 0 heterocycles. The van der Waals surface area contributed by atoms with Crippen LogP contribution in [0.5, 0.6) is 0 Å². The predicted molar refractivity (Wildman–Crippen MR) is 41.7 cm³/mol. The third-order valence-corrected chi connectivity index (χ3v) is 1.76. The molecular formula is C9H10F2O. The molecule has 1 N–H and O–H groups in total. The van der Waals surface area contributed by atoms with Crippen molar-refractivity contribution in [3.8, 4) is 0 Å². The van der Waals surface area contributed by atoms with Crippen LogP contribution in [0.3, 0.4) is 0 Å². The van der Waals surface area contributed by atoms with Crippen LogP contribution >= 0.6 is 0 Å². The number of aliphatic hydroxyl groups excluding tert-OH is 1. The largest absolute Gasteiger partial charge is 0.389 e. The van der Waals surface area contributed by atoms with Gasteiger partial charge >= 0.3 is 0 Å². The number of halogens is 2. The van der Waals surface area contributed by atoms with Gasteiger partial charge in [0.15, 0.2) is 11.6 Å². The van der Waals surface area contributed by atoms with Crippen LogP contribution < -0.4 is 0 Å². The van der Waals surface area contributed by atoms with Gasteiger partial charge < -0.3 is 5.11 Å². The van der Waals surface area contributed by atoms with Crippen molar-refractivity contribution in [2.24, 2.45) is 0 Å². The normalized spacial score (nSPS) is 13.1. The topological polar surface area (TPSA) is 20.2 Å². The molecular weight excluding hydrogens is 162 g/mol. The van der Waals surface area contributed by atoms with E-state index in [2.05, 4.69) is 0 Å². The van der Waals surface area contributed by atoms with E-state index in [9.17, 15) is 8.78 Å². The molecule has 1 rings (SSSR count). The second kappa shape index (κ2) is 3.19. The first kappa shape index (κ1) is 9.13. The summed E-state index contributed by atoms with van der Waals surface area (Å²) in [5.41, 5.74) is 0.984. The third-order valence-electron chi connectivity index (χ3n) is 1.76. The average Bonchev–Trinajstić information content (AvgIpc) is 1.96. The highest BCUT2D eigenvalue weighted by Crippen LogP contribution is 2.20. The van der Waals surface area contributed by atoms with Gasteiger partial charge in [0.1, 0.15) is 0 Å². The van der Waals surface area contributed by atoms with E-state index in [1.54, 1.807) is 6.92 Å². The van der Waals surface area contributed by atoms with Gasteiger partial charge in [-0.1, -0.05) is 0 Å². The van der Waals surface area contributed by atoms with Crippen molar-refractivity contribution in [2.45, 2.75) is 20.0 Å². The van der Waals surface area contributed by atoms with E-state index in [1.807, 2.05) is 0 Å². The highest BCUT2D eigenvalue weighted by molar-refractivity contribution is 5.28. The first-order valence-electron chi connectivity index (χ1n) is 3.66. The van der Waals surface area contributed by atoms with E-state index in [4.69, 9.17) is 5.11 Å². The Hall–Kier alpha value is -0.960. The van der Waals surface area contributed by atoms with Crippen LogP contribution in [0, 0.1) is 18.6 Å². The summed E-state index contributed by atoms with van der Waals surface area (Å²) >= 11 is 0. The highest BCUT2D eigenvalue weighted by Gasteiger charge is 2.09. The smallest absolute Gasteiger partial charge is 0.159 e. The van der Waals surface area contributed by atoms with Crippen molar-refractivity contribution in [3.63, 3.8) is 0 Å². The van der Waals surface area contributed by atoms with Gasteiger partial charge in [0.05, 0.1) is 6.10 Å². The molecule has 0 spiro atoms. The van der Waals surface area contributed by atoms with E-state index < -0.39 is 17.7 Å². The summed E-state index contributed by atoms with van der Waals surface area (Å²) < 4.78 is 25.2. The van der Waals surface area contributed by atoms with Crippen LogP contribution in [0.4, 0.5) is 8.78 Å². The van der Waals surface area contributed by atoms with Gasteiger partial charge in [-0.15, -0.1) is 0 Å². The van der Waals surface area contributed by atoms with Crippen LogP contribution in [0.1, 0.15) is 24.2 Å². The standard InChI is InChI=1S/C9H10F2O/c1-5-3-8(10)9(11)4-7(5)6(2)12/h3-4,6,12H,1-2H3. The maximum absolute atomic E-state index is 12.6. The molecule has 1 atom stereocenters. The van der Waals surface area contributed by atoms with Gasteiger partial charge in [-0.2, -0.15) is 0 Å². The van der Waals surface area contributed by atoms with Crippen LogP contribution in [-0.2, 0) is 0 Å². The monoisotopic (exact) mass is 172 g/mol. The molecule has 12 heavy (non-hydrogen) atoms. The SMILES string of the molecule is Cc1cc(F)c(F)cc1C(C)O. The number of benzene rings is 1. The molecule has 0 fully saturated rings. The van der Waals surface area contributed by atoms with Gasteiger partial charge in [-0.25, -0.2) is 8.78 Å². The fourth-order valence-corrected chi connectivity index (χ4v) is 1.11. The lowest BCUT2D eigenvalue weighted by atomic mass is 10.0. The molecule has 66 valence electrons. The minimum Gasteiger partial charge on any atom is -0.389 e. The van der Waals surface area contributed by atoms with E-state index in [0.717, 1.165) is 12.1 Å². The van der Waals surface area contributed by atoms with Crippen molar-refractivity contribution < 1.29 is 13.9 Å². The highest BCUT2D eigenvalue weighted by atomic mass is 19.2. The number of rotatable bonds is 1. The second-order valence-corrected chi connectivity index (χ2v) is 2.80. The summed E-state index contributed by atoms with van der Waals surface area (Å²) in [6.45, 7) is 3.14. The van der Waals surface area contributed by atoms with Gasteiger partial charge in [-0.05, 0) is 37.1 Å². The first-order chi connectivity index (χ1) is 5.52. The molecule has 1 aromatic rings. The van der Waals surface area contributed by atoms with Gasteiger partial charge in [-0.3, -0.25) is 0 Å². The van der Waals surface area contributed by atoms with E-state index in [-0.39, 0.29) is 0 Å². The van der Waals surface area contributed by atoms with Crippen molar-refractivity contribution in [3.05, 3.63) is 34.9 Å². The lowest BCUT2D eigenvalue weighted by molar-refractivity contribution is 0.198. The van der Waals surface area contributed by atoms with Gasteiger partial charge in [0.2, 0.25) is 0 Å². The van der Waals surface area contributed by atoms with Crippen LogP contribution in [0.15, 0.2) is 12.1 Å². The molecule has 0 radical (unpaired) electrons. The minimum atomic E-state index is -0.920. The Bertz CT molecular complexity index is 295. The average molecular weight is 172 g/mol. The summed E-state index contributed by atoms with van der Waals surface area (Å²) in [5, 5.41) is 9.13. The molecule has 0 amide bonds. The fraction of sp³-hybridized carbons (Fsp3) is 0.333. The predicted octanol–water partition coefficient (Wildman–Crippen LogP) is 2.33. The molecule has 0 aliphatic rings. The third kappa shape index (κ3) is 1.61. The zero-order chi connectivity index (χ0) is 9.30. The summed E-state index contributed by atoms with van der Waals surface area (Å²) in [5.74, 6) is -1.80. The molecule has 0 bridgehead atoms. The molecule has 0 aliphatic carbocycles. The fourth-order valence-electron chi connectivity index (χ4n) is 1.11. The molecule has 0 saturated carbocycles. The number of hydrogen-bond donors (Lipinski definition) is 1. The first-order valence-corrected chi connectivity index (χ1v) is 3.66. The zero-order valence-corrected chi connectivity index (χ0v) is 6.94. The molecule has 3 heteroatoms. The minimum absolute atomic E-state index is 0.425. The lowest BCUT2D eigenvalue weighted by Crippen LogP contribution is -1.98. The number of aliphatic hydroxyl groups is 1. The summed E-state index contributed by atoms with van der Waals surface area (Å²) in [6.07, 6.45) is -0.764. The Morgan fingerprint density at radius 1 is 1.25 bits per heavy atom. The lowest BCUT2D eigenvalue weighted by Gasteiger charge is -2.08. The molecule has 0 aromatic heterocycles. The molecule has 1 unspecified atom stereocenters. The van der Waals surface area contributed by atoms with E-state index in [0.29, 0.717) is 11.1 Å². The van der Waals surface area contributed by atoms with Crippen molar-refractivity contribution in [1.82, 2.24) is 0 Å². The zero-order valence-electron chi connectivity index (χ0n) is 6.94. The Labute approximate surface area is 69.7 Å². The van der Waals surface area contributed by atoms with Gasteiger partial charge in [0.25, 0.3) is 0 Å². The molecule has 0 saturated heterocycles. The Kier molecular flexibility index (Phi) is 2.43. The number of hydrogen-bond acceptors (Lipinski definition) is 1. The summed E-state index contributed by atoms with van der Waals surface area (Å²) in [7, 11) is 0. The van der Waals surface area contributed by atoms with Crippen LogP contribution in [0.25, 0.3) is 0 Å². The molecule has 1 nitrogen and oxygen atoms in total. The maximum Gasteiger partial charge on any atom is 0.159 e. The number of aryl methyl sites for hydroxylation is 1. The Morgan fingerprint density at radius 3 is 2.25 bits per heavy atom. The Morgan fingerprint density at radius 2 is 1.75 bits per heavy atom. The van der Waals surface area contributed by atoms with Gasteiger partial charge in [0, 0.05) is 0 Å². The molecule has 1 aromatic carbocycles.